The molecule has 1 aliphatic rings. The molecule has 1 N–H and O–H groups in total. The summed E-state index contributed by atoms with van der Waals surface area (Å²) in [4.78, 5) is 27.9. The number of aryl methyl sites for hydroxylation is 1. The predicted molar refractivity (Wildman–Crippen MR) is 122 cm³/mol. The predicted octanol–water partition coefficient (Wildman–Crippen LogP) is 4.66. The molecule has 0 saturated carbocycles. The molecule has 31 heavy (non-hydrogen) atoms. The van der Waals surface area contributed by atoms with Gasteiger partial charge >= 0.3 is 0 Å². The molecular formula is C24H27ClN2O4. The number of carbonyl (C=O) groups excluding carboxylic acids is 2. The van der Waals surface area contributed by atoms with E-state index in [2.05, 4.69) is 5.32 Å². The monoisotopic (exact) mass is 442 g/mol. The van der Waals surface area contributed by atoms with Gasteiger partial charge in [0.15, 0.2) is 0 Å². The number of rotatable bonds is 9. The second-order valence-electron chi connectivity index (χ2n) is 7.57. The van der Waals surface area contributed by atoms with Gasteiger partial charge in [-0.1, -0.05) is 29.8 Å². The number of amides is 2. The van der Waals surface area contributed by atoms with E-state index < -0.39 is 0 Å². The highest BCUT2D eigenvalue weighted by Gasteiger charge is 2.40. The minimum Gasteiger partial charge on any atom is -0.496 e. The molecule has 2 aromatic carbocycles. The zero-order valence-electron chi connectivity index (χ0n) is 18.2. The van der Waals surface area contributed by atoms with Crippen LogP contribution in [0.3, 0.4) is 0 Å². The van der Waals surface area contributed by atoms with Gasteiger partial charge in [0.25, 0.3) is 11.8 Å². The Morgan fingerprint density at radius 3 is 2.52 bits per heavy atom. The van der Waals surface area contributed by atoms with E-state index in [9.17, 15) is 9.59 Å². The summed E-state index contributed by atoms with van der Waals surface area (Å²) in [5.74, 6) is -0.200. The van der Waals surface area contributed by atoms with Gasteiger partial charge in [-0.2, -0.15) is 0 Å². The molecule has 0 atom stereocenters. The second-order valence-corrected chi connectivity index (χ2v) is 8.01. The molecule has 0 fully saturated rings. The van der Waals surface area contributed by atoms with Gasteiger partial charge in [-0.05, 0) is 57.0 Å². The fourth-order valence-corrected chi connectivity index (χ4v) is 3.67. The summed E-state index contributed by atoms with van der Waals surface area (Å²) in [6, 6.07) is 12.5. The Hall–Kier alpha value is -2.83. The van der Waals surface area contributed by atoms with E-state index >= 15 is 0 Å². The summed E-state index contributed by atoms with van der Waals surface area (Å²) in [5.41, 5.74) is 2.66. The molecule has 164 valence electrons. The third-order valence-electron chi connectivity index (χ3n) is 4.97. The number of carbonyl (C=O) groups is 2. The summed E-state index contributed by atoms with van der Waals surface area (Å²) >= 11 is 6.07. The Kier molecular flexibility index (Phi) is 7.36. The largest absolute Gasteiger partial charge is 0.496 e. The zero-order chi connectivity index (χ0) is 22.5. The van der Waals surface area contributed by atoms with Gasteiger partial charge in [-0.15, -0.1) is 0 Å². The SMILES string of the molecule is COc1ccccc1C1=C(Nc2ccc(Cl)cc2C)C(=O)N(CCCOC(C)C)C1=O. The molecular weight excluding hydrogens is 416 g/mol. The zero-order valence-corrected chi connectivity index (χ0v) is 19.0. The third kappa shape index (κ3) is 5.09. The van der Waals surface area contributed by atoms with Crippen LogP contribution in [0, 0.1) is 6.92 Å². The number of para-hydroxylation sites is 1. The lowest BCUT2D eigenvalue weighted by Gasteiger charge is -2.16. The number of hydrogen-bond donors (Lipinski definition) is 1. The topological polar surface area (TPSA) is 67.9 Å². The lowest BCUT2D eigenvalue weighted by atomic mass is 10.0. The quantitative estimate of drug-likeness (QED) is 0.451. The van der Waals surface area contributed by atoms with E-state index in [0.717, 1.165) is 5.56 Å². The third-order valence-corrected chi connectivity index (χ3v) is 5.20. The molecule has 0 spiro atoms. The number of nitrogens with zero attached hydrogens (tertiary/aromatic N) is 1. The van der Waals surface area contributed by atoms with Gasteiger partial charge in [0.05, 0.1) is 18.8 Å². The number of halogens is 1. The van der Waals surface area contributed by atoms with Crippen molar-refractivity contribution in [3.8, 4) is 5.75 Å². The van der Waals surface area contributed by atoms with Crippen molar-refractivity contribution in [3.05, 3.63) is 64.3 Å². The summed E-state index contributed by atoms with van der Waals surface area (Å²) in [6.45, 7) is 6.53. The normalized spacial score (nSPS) is 14.1. The molecule has 0 bridgehead atoms. The first-order chi connectivity index (χ1) is 14.8. The molecule has 0 aliphatic carbocycles. The van der Waals surface area contributed by atoms with E-state index in [4.69, 9.17) is 21.1 Å². The smallest absolute Gasteiger partial charge is 0.278 e. The first-order valence-electron chi connectivity index (χ1n) is 10.2. The Morgan fingerprint density at radius 1 is 1.10 bits per heavy atom. The maximum Gasteiger partial charge on any atom is 0.278 e. The van der Waals surface area contributed by atoms with E-state index in [1.807, 2.05) is 32.9 Å². The Morgan fingerprint density at radius 2 is 1.84 bits per heavy atom. The molecule has 1 heterocycles. The minimum atomic E-state index is -0.371. The molecule has 0 radical (unpaired) electrons. The van der Waals surface area contributed by atoms with Crippen molar-refractivity contribution in [1.82, 2.24) is 4.90 Å². The van der Waals surface area contributed by atoms with Gasteiger partial charge in [0.1, 0.15) is 11.4 Å². The standard InChI is InChI=1S/C24H27ClN2O4/c1-15(2)31-13-7-12-27-23(28)21(18-8-5-6-9-20(18)30-4)22(24(27)29)26-19-11-10-17(25)14-16(19)3/h5-6,8-11,14-15,26H,7,12-13H2,1-4H3. The number of benzene rings is 2. The first kappa shape index (κ1) is 22.8. The number of methoxy groups -OCH3 is 1. The van der Waals surface area contributed by atoms with Gasteiger partial charge in [0, 0.05) is 29.4 Å². The summed E-state index contributed by atoms with van der Waals surface area (Å²) in [6.07, 6.45) is 0.652. The lowest BCUT2D eigenvalue weighted by molar-refractivity contribution is -0.137. The maximum absolute atomic E-state index is 13.3. The molecule has 3 rings (SSSR count). The second kappa shape index (κ2) is 9.98. The van der Waals surface area contributed by atoms with Crippen LogP contribution in [0.15, 0.2) is 48.2 Å². The molecule has 0 unspecified atom stereocenters. The van der Waals surface area contributed by atoms with Crippen LogP contribution >= 0.6 is 11.6 Å². The van der Waals surface area contributed by atoms with Crippen LogP contribution in [0.25, 0.3) is 5.57 Å². The number of anilines is 1. The number of nitrogens with one attached hydrogen (secondary N) is 1. The van der Waals surface area contributed by atoms with Crippen molar-refractivity contribution in [2.45, 2.75) is 33.3 Å². The first-order valence-corrected chi connectivity index (χ1v) is 10.6. The summed E-state index contributed by atoms with van der Waals surface area (Å²) in [7, 11) is 1.54. The minimum absolute atomic E-state index is 0.0948. The molecule has 6 nitrogen and oxygen atoms in total. The van der Waals surface area contributed by atoms with Crippen molar-refractivity contribution < 1.29 is 19.1 Å². The fourth-order valence-electron chi connectivity index (χ4n) is 3.44. The molecule has 1 aliphatic heterocycles. The highest BCUT2D eigenvalue weighted by Crippen LogP contribution is 2.36. The Balaban J connectivity index is 1.98. The van der Waals surface area contributed by atoms with Crippen LogP contribution in [0.5, 0.6) is 5.75 Å². The van der Waals surface area contributed by atoms with Gasteiger partial charge < -0.3 is 14.8 Å². The molecule has 2 amide bonds. The number of imide groups is 1. The molecule has 0 aromatic heterocycles. The Bertz CT molecular complexity index is 1020. The molecule has 2 aromatic rings. The lowest BCUT2D eigenvalue weighted by Crippen LogP contribution is -2.34. The molecule has 0 saturated heterocycles. The Labute approximate surface area is 187 Å². The van der Waals surface area contributed by atoms with E-state index in [1.165, 1.54) is 12.0 Å². The van der Waals surface area contributed by atoms with Crippen molar-refractivity contribution in [1.29, 1.82) is 0 Å². The highest BCUT2D eigenvalue weighted by molar-refractivity contribution is 6.37. The number of ether oxygens (including phenoxy) is 2. The maximum atomic E-state index is 13.3. The average molecular weight is 443 g/mol. The molecule has 7 heteroatoms. The fraction of sp³-hybridized carbons (Fsp3) is 0.333. The van der Waals surface area contributed by atoms with Crippen LogP contribution in [-0.2, 0) is 14.3 Å². The van der Waals surface area contributed by atoms with Crippen molar-refractivity contribution in [2.75, 3.05) is 25.6 Å². The summed E-state index contributed by atoms with van der Waals surface area (Å²) < 4.78 is 11.0. The van der Waals surface area contributed by atoms with Crippen LogP contribution in [0.4, 0.5) is 5.69 Å². The van der Waals surface area contributed by atoms with Crippen LogP contribution < -0.4 is 10.1 Å². The van der Waals surface area contributed by atoms with E-state index in [0.29, 0.717) is 40.6 Å². The van der Waals surface area contributed by atoms with Gasteiger partial charge in [-0.3, -0.25) is 14.5 Å². The van der Waals surface area contributed by atoms with Gasteiger partial charge in [-0.25, -0.2) is 0 Å². The summed E-state index contributed by atoms with van der Waals surface area (Å²) in [5, 5.41) is 3.78. The highest BCUT2D eigenvalue weighted by atomic mass is 35.5. The van der Waals surface area contributed by atoms with Crippen molar-refractivity contribution in [2.24, 2.45) is 0 Å². The van der Waals surface area contributed by atoms with Crippen LogP contribution in [0.1, 0.15) is 31.4 Å². The van der Waals surface area contributed by atoms with E-state index in [1.54, 1.807) is 30.3 Å². The van der Waals surface area contributed by atoms with Crippen molar-refractivity contribution >= 4 is 34.7 Å². The van der Waals surface area contributed by atoms with Crippen molar-refractivity contribution in [3.63, 3.8) is 0 Å². The van der Waals surface area contributed by atoms with E-state index in [-0.39, 0.29) is 30.2 Å². The average Bonchev–Trinajstić information content (AvgIpc) is 2.96. The van der Waals surface area contributed by atoms with Crippen LogP contribution in [-0.4, -0.2) is 43.1 Å². The number of hydrogen-bond acceptors (Lipinski definition) is 5. The van der Waals surface area contributed by atoms with Gasteiger partial charge in [0.2, 0.25) is 0 Å². The van der Waals surface area contributed by atoms with Crippen LogP contribution in [0.2, 0.25) is 5.02 Å².